The molecule has 2 heteroatoms. The van der Waals surface area contributed by atoms with Gasteiger partial charge in [0.15, 0.2) is 0 Å². The second-order valence-corrected chi connectivity index (χ2v) is 5.57. The topological polar surface area (TPSA) is 37.3 Å². The second-order valence-electron chi connectivity index (χ2n) is 5.57. The van der Waals surface area contributed by atoms with Gasteiger partial charge in [0, 0.05) is 0 Å². The minimum Gasteiger partial charge on any atom is -0.478 e. The number of unbranched alkanes of at least 4 members (excludes halogenated alkanes) is 6. The summed E-state index contributed by atoms with van der Waals surface area (Å²) < 4.78 is 0. The Bertz CT molecular complexity index is 435. The highest BCUT2D eigenvalue weighted by atomic mass is 16.4. The van der Waals surface area contributed by atoms with Crippen LogP contribution in [0.4, 0.5) is 0 Å². The summed E-state index contributed by atoms with van der Waals surface area (Å²) in [5.74, 6) is -0.845. The van der Waals surface area contributed by atoms with Gasteiger partial charge in [-0.2, -0.15) is 0 Å². The minimum atomic E-state index is -0.845. The lowest BCUT2D eigenvalue weighted by Gasteiger charge is -2.02. The Balaban J connectivity index is 2.10. The van der Waals surface area contributed by atoms with Gasteiger partial charge in [0.05, 0.1) is 5.56 Å². The summed E-state index contributed by atoms with van der Waals surface area (Å²) in [7, 11) is 0. The summed E-state index contributed by atoms with van der Waals surface area (Å²) in [6.07, 6.45) is 15.5. The molecule has 0 bridgehead atoms. The number of carboxylic acids is 1. The van der Waals surface area contributed by atoms with Gasteiger partial charge in [0.25, 0.3) is 0 Å². The fraction of sp³-hybridized carbons (Fsp3) is 0.526. The zero-order valence-corrected chi connectivity index (χ0v) is 13.2. The largest absolute Gasteiger partial charge is 0.478 e. The number of aryl methyl sites for hydroxylation is 1. The lowest BCUT2D eigenvalue weighted by Crippen LogP contribution is -1.97. The molecule has 0 atom stereocenters. The molecule has 0 heterocycles. The molecule has 1 aromatic carbocycles. The van der Waals surface area contributed by atoms with E-state index in [-0.39, 0.29) is 0 Å². The van der Waals surface area contributed by atoms with Crippen molar-refractivity contribution in [3.05, 3.63) is 47.5 Å². The van der Waals surface area contributed by atoms with E-state index < -0.39 is 5.97 Å². The Morgan fingerprint density at radius 3 is 2.43 bits per heavy atom. The number of benzene rings is 1. The number of rotatable bonds is 11. The predicted octanol–water partition coefficient (Wildman–Crippen LogP) is 5.62. The average Bonchev–Trinajstić information content (AvgIpc) is 2.49. The van der Waals surface area contributed by atoms with E-state index in [4.69, 9.17) is 5.11 Å². The molecule has 0 fully saturated rings. The van der Waals surface area contributed by atoms with Gasteiger partial charge in [-0.15, -0.1) is 0 Å². The van der Waals surface area contributed by atoms with E-state index in [9.17, 15) is 4.79 Å². The summed E-state index contributed by atoms with van der Waals surface area (Å²) in [6, 6.07) is 7.27. The van der Waals surface area contributed by atoms with Crippen molar-refractivity contribution in [1.29, 1.82) is 0 Å². The van der Waals surface area contributed by atoms with Crippen LogP contribution < -0.4 is 0 Å². The summed E-state index contributed by atoms with van der Waals surface area (Å²) in [5.41, 5.74) is 1.51. The van der Waals surface area contributed by atoms with E-state index in [2.05, 4.69) is 19.1 Å². The molecule has 0 saturated carbocycles. The third kappa shape index (κ3) is 8.34. The van der Waals surface area contributed by atoms with Gasteiger partial charge in [0.2, 0.25) is 0 Å². The SMILES string of the molecule is CCCCCC/C=C\CCCCc1cccc(C(=O)O)c1. The monoisotopic (exact) mass is 288 g/mol. The Morgan fingerprint density at radius 2 is 1.76 bits per heavy atom. The fourth-order valence-corrected chi connectivity index (χ4v) is 2.38. The van der Waals surface area contributed by atoms with Gasteiger partial charge in [0.1, 0.15) is 0 Å². The van der Waals surface area contributed by atoms with Crippen LogP contribution in [0.25, 0.3) is 0 Å². The lowest BCUT2D eigenvalue weighted by atomic mass is 10.0. The molecule has 0 amide bonds. The van der Waals surface area contributed by atoms with Gasteiger partial charge in [-0.05, 0) is 56.2 Å². The highest BCUT2D eigenvalue weighted by Crippen LogP contribution is 2.10. The summed E-state index contributed by atoms with van der Waals surface area (Å²) in [4.78, 5) is 10.9. The number of carbonyl (C=O) groups is 1. The van der Waals surface area contributed by atoms with Crippen molar-refractivity contribution >= 4 is 5.97 Å². The van der Waals surface area contributed by atoms with E-state index in [0.29, 0.717) is 5.56 Å². The second kappa shape index (κ2) is 11.1. The van der Waals surface area contributed by atoms with E-state index in [1.807, 2.05) is 12.1 Å². The molecule has 0 aliphatic rings. The number of hydrogen-bond donors (Lipinski definition) is 1. The summed E-state index contributed by atoms with van der Waals surface area (Å²) in [5, 5.41) is 8.95. The normalized spacial score (nSPS) is 11.1. The third-order valence-electron chi connectivity index (χ3n) is 3.65. The molecular weight excluding hydrogens is 260 g/mol. The number of carboxylic acid groups (broad SMARTS) is 1. The first kappa shape index (κ1) is 17.5. The van der Waals surface area contributed by atoms with Crippen LogP contribution in [0.2, 0.25) is 0 Å². The van der Waals surface area contributed by atoms with Crippen molar-refractivity contribution in [3.8, 4) is 0 Å². The van der Waals surface area contributed by atoms with E-state index in [1.54, 1.807) is 12.1 Å². The molecule has 0 spiro atoms. The highest BCUT2D eigenvalue weighted by molar-refractivity contribution is 5.87. The fourth-order valence-electron chi connectivity index (χ4n) is 2.38. The molecule has 1 N–H and O–H groups in total. The van der Waals surface area contributed by atoms with Gasteiger partial charge in [-0.25, -0.2) is 4.79 Å². The quantitative estimate of drug-likeness (QED) is 0.423. The Hall–Kier alpha value is -1.57. The Morgan fingerprint density at radius 1 is 1.05 bits per heavy atom. The number of aromatic carboxylic acids is 1. The Labute approximate surface area is 128 Å². The first-order chi connectivity index (χ1) is 10.2. The van der Waals surface area contributed by atoms with Gasteiger partial charge < -0.3 is 5.11 Å². The van der Waals surface area contributed by atoms with Crippen LogP contribution in [0, 0.1) is 0 Å². The number of hydrogen-bond acceptors (Lipinski definition) is 1. The van der Waals surface area contributed by atoms with Gasteiger partial charge in [-0.1, -0.05) is 50.5 Å². The van der Waals surface area contributed by atoms with Crippen LogP contribution in [-0.2, 0) is 6.42 Å². The van der Waals surface area contributed by atoms with Gasteiger partial charge in [-0.3, -0.25) is 0 Å². The predicted molar refractivity (Wildman–Crippen MR) is 88.9 cm³/mol. The van der Waals surface area contributed by atoms with Crippen molar-refractivity contribution in [2.24, 2.45) is 0 Å². The Kier molecular flexibility index (Phi) is 9.26. The molecule has 1 aromatic rings. The van der Waals surface area contributed by atoms with Crippen molar-refractivity contribution < 1.29 is 9.90 Å². The molecular formula is C19H28O2. The van der Waals surface area contributed by atoms with Crippen molar-refractivity contribution in [3.63, 3.8) is 0 Å². The molecule has 21 heavy (non-hydrogen) atoms. The molecule has 0 saturated heterocycles. The maximum absolute atomic E-state index is 10.9. The highest BCUT2D eigenvalue weighted by Gasteiger charge is 2.02. The van der Waals surface area contributed by atoms with Crippen LogP contribution in [0.5, 0.6) is 0 Å². The minimum absolute atomic E-state index is 0.388. The zero-order valence-electron chi connectivity index (χ0n) is 13.2. The maximum atomic E-state index is 10.9. The molecule has 0 unspecified atom stereocenters. The summed E-state index contributed by atoms with van der Waals surface area (Å²) in [6.45, 7) is 2.24. The lowest BCUT2D eigenvalue weighted by molar-refractivity contribution is 0.0696. The van der Waals surface area contributed by atoms with Crippen molar-refractivity contribution in [2.75, 3.05) is 0 Å². The van der Waals surface area contributed by atoms with Crippen LogP contribution in [0.3, 0.4) is 0 Å². The van der Waals surface area contributed by atoms with Crippen LogP contribution in [0.15, 0.2) is 36.4 Å². The molecule has 0 aliphatic heterocycles. The van der Waals surface area contributed by atoms with E-state index in [1.165, 1.54) is 38.5 Å². The molecule has 0 aromatic heterocycles. The number of allylic oxidation sites excluding steroid dienone is 2. The maximum Gasteiger partial charge on any atom is 0.335 e. The molecule has 0 aliphatic carbocycles. The van der Waals surface area contributed by atoms with Crippen molar-refractivity contribution in [2.45, 2.75) is 64.7 Å². The van der Waals surface area contributed by atoms with Crippen LogP contribution in [0.1, 0.15) is 74.2 Å². The van der Waals surface area contributed by atoms with Crippen LogP contribution in [-0.4, -0.2) is 11.1 Å². The summed E-state index contributed by atoms with van der Waals surface area (Å²) >= 11 is 0. The van der Waals surface area contributed by atoms with Gasteiger partial charge >= 0.3 is 5.97 Å². The van der Waals surface area contributed by atoms with Crippen LogP contribution >= 0.6 is 0 Å². The first-order valence-corrected chi connectivity index (χ1v) is 8.21. The van der Waals surface area contributed by atoms with E-state index >= 15 is 0 Å². The smallest absolute Gasteiger partial charge is 0.335 e. The molecule has 2 nitrogen and oxygen atoms in total. The molecule has 1 rings (SSSR count). The standard InChI is InChI=1S/C19H28O2/c1-2-3-4-5-6-7-8-9-10-11-13-17-14-12-15-18(16-17)19(20)21/h7-8,12,14-16H,2-6,9-11,13H2,1H3,(H,20,21)/b8-7-. The zero-order chi connectivity index (χ0) is 15.3. The van der Waals surface area contributed by atoms with E-state index in [0.717, 1.165) is 24.8 Å². The average molecular weight is 288 g/mol. The van der Waals surface area contributed by atoms with Crippen molar-refractivity contribution in [1.82, 2.24) is 0 Å². The third-order valence-corrected chi connectivity index (χ3v) is 3.65. The molecule has 0 radical (unpaired) electrons. The molecule has 116 valence electrons. The first-order valence-electron chi connectivity index (χ1n) is 8.21.